The molecule has 0 unspecified atom stereocenters. The molecule has 0 aliphatic carbocycles. The fourth-order valence-corrected chi connectivity index (χ4v) is 2.93. The molecular formula is C17H22N2OS. The lowest BCUT2D eigenvalue weighted by molar-refractivity contribution is -0.116. The van der Waals surface area contributed by atoms with Gasteiger partial charge in [0.2, 0.25) is 5.91 Å². The Morgan fingerprint density at radius 1 is 1.29 bits per heavy atom. The Bertz CT molecular complexity index is 631. The summed E-state index contributed by atoms with van der Waals surface area (Å²) < 4.78 is 0. The predicted octanol–water partition coefficient (Wildman–Crippen LogP) is 4.45. The molecule has 0 bridgehead atoms. The summed E-state index contributed by atoms with van der Waals surface area (Å²) in [7, 11) is 0. The number of hydrogen-bond acceptors (Lipinski definition) is 3. The van der Waals surface area contributed by atoms with Crippen molar-refractivity contribution in [2.24, 2.45) is 0 Å². The fourth-order valence-electron chi connectivity index (χ4n) is 1.97. The number of rotatable bonds is 5. The first kappa shape index (κ1) is 15.7. The molecule has 1 aromatic carbocycles. The Kier molecular flexibility index (Phi) is 5.12. The monoisotopic (exact) mass is 302 g/mol. The second-order valence-electron chi connectivity index (χ2n) is 5.67. The minimum atomic E-state index is 0.0413. The minimum absolute atomic E-state index is 0.0413. The standard InChI is InChI=1S/C17H22N2OS/c1-11(2)15-10-21-17(19-15)8-7-16(20)18-14-6-5-12(3)13(4)9-14/h5-6,9-11H,7-8H2,1-4H3,(H,18,20). The van der Waals surface area contributed by atoms with E-state index in [0.717, 1.165) is 16.4 Å². The van der Waals surface area contributed by atoms with E-state index in [1.54, 1.807) is 11.3 Å². The van der Waals surface area contributed by atoms with Crippen molar-refractivity contribution < 1.29 is 4.79 Å². The van der Waals surface area contributed by atoms with E-state index in [0.29, 0.717) is 18.8 Å². The zero-order valence-corrected chi connectivity index (χ0v) is 13.9. The highest BCUT2D eigenvalue weighted by atomic mass is 32.1. The smallest absolute Gasteiger partial charge is 0.224 e. The van der Waals surface area contributed by atoms with Gasteiger partial charge in [0.15, 0.2) is 0 Å². The van der Waals surface area contributed by atoms with E-state index in [9.17, 15) is 4.79 Å². The molecular weight excluding hydrogens is 280 g/mol. The average Bonchev–Trinajstić information content (AvgIpc) is 2.90. The molecule has 0 aliphatic heterocycles. The fraction of sp³-hybridized carbons (Fsp3) is 0.412. The maximum absolute atomic E-state index is 12.0. The Hall–Kier alpha value is -1.68. The number of amides is 1. The summed E-state index contributed by atoms with van der Waals surface area (Å²) in [6, 6.07) is 5.98. The molecule has 1 amide bonds. The number of nitrogens with zero attached hydrogens (tertiary/aromatic N) is 1. The molecule has 0 radical (unpaired) electrons. The number of aryl methyl sites for hydroxylation is 3. The Morgan fingerprint density at radius 3 is 2.67 bits per heavy atom. The number of carbonyl (C=O) groups is 1. The van der Waals surface area contributed by atoms with Gasteiger partial charge in [-0.25, -0.2) is 4.98 Å². The zero-order chi connectivity index (χ0) is 15.4. The van der Waals surface area contributed by atoms with Crippen LogP contribution in [0.3, 0.4) is 0 Å². The maximum atomic E-state index is 12.0. The van der Waals surface area contributed by atoms with Gasteiger partial charge in [-0.15, -0.1) is 11.3 Å². The Balaban J connectivity index is 1.88. The summed E-state index contributed by atoms with van der Waals surface area (Å²) in [6.45, 7) is 8.38. The molecule has 0 aliphatic rings. The van der Waals surface area contributed by atoms with Crippen LogP contribution in [0, 0.1) is 13.8 Å². The first-order valence-electron chi connectivity index (χ1n) is 7.27. The van der Waals surface area contributed by atoms with Crippen molar-refractivity contribution in [2.75, 3.05) is 5.32 Å². The van der Waals surface area contributed by atoms with E-state index in [-0.39, 0.29) is 5.91 Å². The van der Waals surface area contributed by atoms with E-state index in [2.05, 4.69) is 36.5 Å². The average molecular weight is 302 g/mol. The van der Waals surface area contributed by atoms with Crippen LogP contribution in [0.2, 0.25) is 0 Å². The van der Waals surface area contributed by atoms with E-state index < -0.39 is 0 Å². The first-order valence-corrected chi connectivity index (χ1v) is 8.15. The number of nitrogens with one attached hydrogen (secondary N) is 1. The third-order valence-electron chi connectivity index (χ3n) is 3.52. The zero-order valence-electron chi connectivity index (χ0n) is 13.1. The van der Waals surface area contributed by atoms with Crippen molar-refractivity contribution in [1.82, 2.24) is 4.98 Å². The van der Waals surface area contributed by atoms with Crippen molar-refractivity contribution in [3.63, 3.8) is 0 Å². The van der Waals surface area contributed by atoms with Crippen LogP contribution in [0.1, 0.15) is 48.0 Å². The van der Waals surface area contributed by atoms with Gasteiger partial charge in [-0.05, 0) is 43.0 Å². The van der Waals surface area contributed by atoms with Crippen LogP contribution in [0.5, 0.6) is 0 Å². The molecule has 2 rings (SSSR count). The Morgan fingerprint density at radius 2 is 2.05 bits per heavy atom. The largest absolute Gasteiger partial charge is 0.326 e. The molecule has 0 saturated carbocycles. The van der Waals surface area contributed by atoms with Crippen LogP contribution in [-0.2, 0) is 11.2 Å². The molecule has 0 saturated heterocycles. The lowest BCUT2D eigenvalue weighted by Gasteiger charge is -2.07. The molecule has 21 heavy (non-hydrogen) atoms. The number of carbonyl (C=O) groups excluding carboxylic acids is 1. The van der Waals surface area contributed by atoms with Crippen molar-refractivity contribution >= 4 is 22.9 Å². The minimum Gasteiger partial charge on any atom is -0.326 e. The lowest BCUT2D eigenvalue weighted by Crippen LogP contribution is -2.12. The van der Waals surface area contributed by atoms with Crippen LogP contribution < -0.4 is 5.32 Å². The van der Waals surface area contributed by atoms with Gasteiger partial charge in [0.05, 0.1) is 10.7 Å². The summed E-state index contributed by atoms with van der Waals surface area (Å²) in [5, 5.41) is 6.07. The van der Waals surface area contributed by atoms with Gasteiger partial charge < -0.3 is 5.32 Å². The molecule has 1 heterocycles. The van der Waals surface area contributed by atoms with Crippen molar-refractivity contribution in [3.05, 3.63) is 45.4 Å². The third-order valence-corrected chi connectivity index (χ3v) is 4.44. The summed E-state index contributed by atoms with van der Waals surface area (Å²) >= 11 is 1.64. The number of aromatic nitrogens is 1. The highest BCUT2D eigenvalue weighted by Gasteiger charge is 2.08. The molecule has 112 valence electrons. The quantitative estimate of drug-likeness (QED) is 0.886. The Labute approximate surface area is 130 Å². The van der Waals surface area contributed by atoms with Crippen LogP contribution in [0.4, 0.5) is 5.69 Å². The topological polar surface area (TPSA) is 42.0 Å². The van der Waals surface area contributed by atoms with Gasteiger partial charge in [0.25, 0.3) is 0 Å². The van der Waals surface area contributed by atoms with Crippen molar-refractivity contribution in [2.45, 2.75) is 46.5 Å². The lowest BCUT2D eigenvalue weighted by atomic mass is 10.1. The van der Waals surface area contributed by atoms with Gasteiger partial charge in [0, 0.05) is 23.9 Å². The van der Waals surface area contributed by atoms with Crippen LogP contribution in [0.15, 0.2) is 23.6 Å². The third kappa shape index (κ3) is 4.39. The second-order valence-corrected chi connectivity index (χ2v) is 6.61. The van der Waals surface area contributed by atoms with Crippen LogP contribution >= 0.6 is 11.3 Å². The molecule has 4 heteroatoms. The first-order chi connectivity index (χ1) is 9.95. The highest BCUT2D eigenvalue weighted by molar-refractivity contribution is 7.09. The summed E-state index contributed by atoms with van der Waals surface area (Å²) in [6.07, 6.45) is 1.17. The number of anilines is 1. The molecule has 1 N–H and O–H groups in total. The van der Waals surface area contributed by atoms with Crippen molar-refractivity contribution in [1.29, 1.82) is 0 Å². The van der Waals surface area contributed by atoms with E-state index in [1.165, 1.54) is 11.1 Å². The van der Waals surface area contributed by atoms with E-state index in [4.69, 9.17) is 0 Å². The van der Waals surface area contributed by atoms with Crippen LogP contribution in [-0.4, -0.2) is 10.9 Å². The maximum Gasteiger partial charge on any atom is 0.224 e. The molecule has 1 aromatic heterocycles. The highest BCUT2D eigenvalue weighted by Crippen LogP contribution is 2.19. The van der Waals surface area contributed by atoms with Crippen molar-refractivity contribution in [3.8, 4) is 0 Å². The number of thiazole rings is 1. The van der Waals surface area contributed by atoms with Gasteiger partial charge in [-0.1, -0.05) is 19.9 Å². The molecule has 0 fully saturated rings. The van der Waals surface area contributed by atoms with Crippen LogP contribution in [0.25, 0.3) is 0 Å². The molecule has 0 atom stereocenters. The van der Waals surface area contributed by atoms with Gasteiger partial charge >= 0.3 is 0 Å². The summed E-state index contributed by atoms with van der Waals surface area (Å²) in [5.74, 6) is 0.485. The number of hydrogen-bond donors (Lipinski definition) is 1. The summed E-state index contributed by atoms with van der Waals surface area (Å²) in [4.78, 5) is 16.5. The second kappa shape index (κ2) is 6.85. The van der Waals surface area contributed by atoms with Gasteiger partial charge in [0.1, 0.15) is 0 Å². The predicted molar refractivity (Wildman–Crippen MR) is 89.1 cm³/mol. The van der Waals surface area contributed by atoms with Gasteiger partial charge in [-0.3, -0.25) is 4.79 Å². The molecule has 2 aromatic rings. The molecule has 0 spiro atoms. The number of benzene rings is 1. The molecule has 3 nitrogen and oxygen atoms in total. The van der Waals surface area contributed by atoms with E-state index >= 15 is 0 Å². The summed E-state index contributed by atoms with van der Waals surface area (Å²) in [5.41, 5.74) is 4.40. The SMILES string of the molecule is Cc1ccc(NC(=O)CCc2nc(C(C)C)cs2)cc1C. The normalized spacial score (nSPS) is 10.9. The van der Waals surface area contributed by atoms with Gasteiger partial charge in [-0.2, -0.15) is 0 Å². The van der Waals surface area contributed by atoms with E-state index in [1.807, 2.05) is 25.1 Å².